The van der Waals surface area contributed by atoms with E-state index in [4.69, 9.17) is 14.2 Å². The molecule has 0 radical (unpaired) electrons. The van der Waals surface area contributed by atoms with E-state index in [9.17, 15) is 4.79 Å². The van der Waals surface area contributed by atoms with Gasteiger partial charge in [0, 0.05) is 11.5 Å². The second kappa shape index (κ2) is 9.78. The Hall–Kier alpha value is -3.79. The Kier molecular flexibility index (Phi) is 6.64. The van der Waals surface area contributed by atoms with Crippen molar-refractivity contribution in [2.75, 3.05) is 32.4 Å². The average molecular weight is 466 g/mol. The molecule has 0 saturated heterocycles. The number of para-hydroxylation sites is 2. The van der Waals surface area contributed by atoms with Crippen LogP contribution >= 0.6 is 11.8 Å². The van der Waals surface area contributed by atoms with Crippen LogP contribution in [-0.2, 0) is 4.79 Å². The van der Waals surface area contributed by atoms with E-state index < -0.39 is 0 Å². The molecular weight excluding hydrogens is 442 g/mol. The predicted octanol–water partition coefficient (Wildman–Crippen LogP) is 3.88. The summed E-state index contributed by atoms with van der Waals surface area (Å²) in [6, 6.07) is 12.8. The number of thioether (sulfide) groups is 1. The highest BCUT2D eigenvalue weighted by atomic mass is 32.2. The van der Waals surface area contributed by atoms with Gasteiger partial charge in [-0.05, 0) is 31.2 Å². The number of methoxy groups -OCH3 is 3. The van der Waals surface area contributed by atoms with Crippen LogP contribution in [0.3, 0.4) is 0 Å². The minimum atomic E-state index is -0.217. The molecule has 2 aromatic carbocycles. The minimum absolute atomic E-state index is 0.115. The van der Waals surface area contributed by atoms with E-state index in [2.05, 4.69) is 20.6 Å². The van der Waals surface area contributed by atoms with Crippen molar-refractivity contribution in [2.45, 2.75) is 11.9 Å². The maximum atomic E-state index is 12.7. The molecule has 170 valence electrons. The molecule has 2 aromatic heterocycles. The largest absolute Gasteiger partial charge is 0.497 e. The number of carbonyl (C=O) groups is 1. The summed E-state index contributed by atoms with van der Waals surface area (Å²) in [5.74, 6) is 1.73. The SMILES string of the molecule is COc1ccc(OC)c(NC(=O)CSc2nnc(C)c3cnn(-c4ccccc4OC)c23)c1. The molecule has 2 heterocycles. The van der Waals surface area contributed by atoms with Crippen LogP contribution < -0.4 is 19.5 Å². The molecule has 0 unspecified atom stereocenters. The van der Waals surface area contributed by atoms with Crippen LogP contribution in [0.25, 0.3) is 16.6 Å². The molecule has 4 rings (SSSR count). The lowest BCUT2D eigenvalue weighted by molar-refractivity contribution is -0.113. The van der Waals surface area contributed by atoms with Crippen LogP contribution in [0.2, 0.25) is 0 Å². The number of carbonyl (C=O) groups excluding carboxylic acids is 1. The van der Waals surface area contributed by atoms with Gasteiger partial charge in [-0.1, -0.05) is 23.9 Å². The lowest BCUT2D eigenvalue weighted by atomic mass is 10.2. The molecule has 10 heteroatoms. The van der Waals surface area contributed by atoms with Gasteiger partial charge in [-0.2, -0.15) is 10.2 Å². The zero-order valence-electron chi connectivity index (χ0n) is 18.7. The maximum absolute atomic E-state index is 12.7. The Balaban J connectivity index is 1.62. The van der Waals surface area contributed by atoms with Crippen LogP contribution in [0.4, 0.5) is 5.69 Å². The second-order valence-corrected chi connectivity index (χ2v) is 7.95. The fraction of sp³-hybridized carbons (Fsp3) is 0.217. The summed E-state index contributed by atoms with van der Waals surface area (Å²) in [6.07, 6.45) is 1.75. The van der Waals surface area contributed by atoms with Crippen molar-refractivity contribution >= 4 is 34.3 Å². The Labute approximate surface area is 195 Å². The monoisotopic (exact) mass is 465 g/mol. The van der Waals surface area contributed by atoms with Crippen molar-refractivity contribution < 1.29 is 19.0 Å². The molecule has 33 heavy (non-hydrogen) atoms. The van der Waals surface area contributed by atoms with E-state index in [1.807, 2.05) is 31.2 Å². The summed E-state index contributed by atoms with van der Waals surface area (Å²) in [5, 5.41) is 17.5. The highest BCUT2D eigenvalue weighted by Crippen LogP contribution is 2.33. The van der Waals surface area contributed by atoms with Crippen molar-refractivity contribution in [1.29, 1.82) is 0 Å². The highest BCUT2D eigenvalue weighted by Gasteiger charge is 2.18. The van der Waals surface area contributed by atoms with Gasteiger partial charge in [0.25, 0.3) is 0 Å². The molecule has 0 aliphatic rings. The predicted molar refractivity (Wildman–Crippen MR) is 127 cm³/mol. The fourth-order valence-electron chi connectivity index (χ4n) is 3.36. The minimum Gasteiger partial charge on any atom is -0.497 e. The Bertz CT molecular complexity index is 1310. The standard InChI is InChI=1S/C23H23N5O4S/c1-14-16-12-24-28(18-7-5-6-8-20(18)32-4)22(16)23(27-26-14)33-13-21(29)25-17-11-15(30-2)9-10-19(17)31-3/h5-12H,13H2,1-4H3,(H,25,29). The smallest absolute Gasteiger partial charge is 0.234 e. The van der Waals surface area contributed by atoms with Crippen molar-refractivity contribution in [2.24, 2.45) is 0 Å². The Morgan fingerprint density at radius 3 is 2.58 bits per heavy atom. The third kappa shape index (κ3) is 4.56. The number of nitrogens with one attached hydrogen (secondary N) is 1. The first-order valence-electron chi connectivity index (χ1n) is 10.0. The molecular formula is C23H23N5O4S. The molecule has 0 aliphatic carbocycles. The van der Waals surface area contributed by atoms with Crippen molar-refractivity contribution in [3.8, 4) is 22.9 Å². The van der Waals surface area contributed by atoms with E-state index in [1.54, 1.807) is 50.4 Å². The lowest BCUT2D eigenvalue weighted by Gasteiger charge is -2.12. The van der Waals surface area contributed by atoms with Crippen molar-refractivity contribution in [1.82, 2.24) is 20.0 Å². The summed E-state index contributed by atoms with van der Waals surface area (Å²) in [7, 11) is 4.72. The van der Waals surface area contributed by atoms with E-state index in [-0.39, 0.29) is 11.7 Å². The number of hydrogen-bond donors (Lipinski definition) is 1. The van der Waals surface area contributed by atoms with Crippen molar-refractivity contribution in [3.63, 3.8) is 0 Å². The molecule has 0 atom stereocenters. The van der Waals surface area contributed by atoms with E-state index in [0.717, 1.165) is 22.3 Å². The quantitative estimate of drug-likeness (QED) is 0.391. The van der Waals surface area contributed by atoms with Crippen LogP contribution in [0.5, 0.6) is 17.2 Å². The van der Waals surface area contributed by atoms with Gasteiger partial charge in [0.2, 0.25) is 5.91 Å². The number of amides is 1. The molecule has 4 aromatic rings. The number of anilines is 1. The van der Waals surface area contributed by atoms with Gasteiger partial charge < -0.3 is 19.5 Å². The zero-order chi connectivity index (χ0) is 23.4. The summed E-state index contributed by atoms with van der Waals surface area (Å²) in [5.41, 5.74) is 2.82. The van der Waals surface area contributed by atoms with E-state index in [0.29, 0.717) is 28.0 Å². The molecule has 0 spiro atoms. The maximum Gasteiger partial charge on any atom is 0.234 e. The normalized spacial score (nSPS) is 10.8. The number of nitrogens with zero attached hydrogens (tertiary/aromatic N) is 4. The fourth-order valence-corrected chi connectivity index (χ4v) is 4.13. The number of ether oxygens (including phenoxy) is 3. The van der Waals surface area contributed by atoms with Gasteiger partial charge in [0.15, 0.2) is 0 Å². The number of rotatable bonds is 8. The molecule has 1 N–H and O–H groups in total. The summed E-state index contributed by atoms with van der Waals surface area (Å²) >= 11 is 1.28. The first kappa shape index (κ1) is 22.4. The summed E-state index contributed by atoms with van der Waals surface area (Å²) < 4.78 is 17.8. The molecule has 0 fully saturated rings. The summed E-state index contributed by atoms with van der Waals surface area (Å²) in [6.45, 7) is 1.87. The zero-order valence-corrected chi connectivity index (χ0v) is 19.5. The Morgan fingerprint density at radius 1 is 1.03 bits per heavy atom. The molecule has 0 aliphatic heterocycles. The van der Waals surface area contributed by atoms with Gasteiger partial charge in [-0.25, -0.2) is 4.68 Å². The van der Waals surface area contributed by atoms with Gasteiger partial charge >= 0.3 is 0 Å². The van der Waals surface area contributed by atoms with Crippen LogP contribution in [0.15, 0.2) is 53.7 Å². The molecule has 0 saturated carbocycles. The van der Waals surface area contributed by atoms with Gasteiger partial charge in [-0.15, -0.1) is 5.10 Å². The average Bonchev–Trinajstić information content (AvgIpc) is 3.29. The van der Waals surface area contributed by atoms with Gasteiger partial charge in [0.05, 0.1) is 44.7 Å². The molecule has 9 nitrogen and oxygen atoms in total. The summed E-state index contributed by atoms with van der Waals surface area (Å²) in [4.78, 5) is 12.7. The number of aryl methyl sites for hydroxylation is 1. The van der Waals surface area contributed by atoms with Crippen LogP contribution in [0, 0.1) is 6.92 Å². The molecule has 0 bridgehead atoms. The van der Waals surface area contributed by atoms with E-state index >= 15 is 0 Å². The van der Waals surface area contributed by atoms with Crippen molar-refractivity contribution in [3.05, 3.63) is 54.4 Å². The van der Waals surface area contributed by atoms with E-state index in [1.165, 1.54) is 11.8 Å². The van der Waals surface area contributed by atoms with Crippen LogP contribution in [0.1, 0.15) is 5.69 Å². The van der Waals surface area contributed by atoms with Gasteiger partial charge in [0.1, 0.15) is 33.5 Å². The number of fused-ring (bicyclic) bond motifs is 1. The topological polar surface area (TPSA) is 100 Å². The number of hydrogen-bond acceptors (Lipinski definition) is 8. The number of benzene rings is 2. The number of aromatic nitrogens is 4. The lowest BCUT2D eigenvalue weighted by Crippen LogP contribution is -2.15. The Morgan fingerprint density at radius 2 is 1.82 bits per heavy atom. The first-order valence-corrected chi connectivity index (χ1v) is 11.0. The van der Waals surface area contributed by atoms with Crippen LogP contribution in [-0.4, -0.2) is 53.0 Å². The first-order chi connectivity index (χ1) is 16.0. The highest BCUT2D eigenvalue weighted by molar-refractivity contribution is 8.00. The third-order valence-electron chi connectivity index (χ3n) is 4.99. The van der Waals surface area contributed by atoms with Gasteiger partial charge in [-0.3, -0.25) is 4.79 Å². The second-order valence-electron chi connectivity index (χ2n) is 6.98. The molecule has 1 amide bonds. The third-order valence-corrected chi connectivity index (χ3v) is 5.94.